The fourth-order valence-electron chi connectivity index (χ4n) is 8.51. The number of likely N-dealkylation sites (N-methyl/N-ethyl adjacent to an activating group) is 1. The standard InChI is InChI=1S/C38H53N3O5S/c1-10-12-15-39-35-28-17-26-24(3)21-36(4,5)41(16-13-14-34(42)43)32(26)19-30(28)38(8,9)31-20-33-27(18-29(31)35)25(23-47(44,45)46)22-37(6,7)40(33)11-2/h17-20,22,24H,10-16,21,23H2,1-9H3,(H2,42,43,44,45,46)/p+1. The smallest absolute Gasteiger partial charge is 0.303 e. The summed E-state index contributed by atoms with van der Waals surface area (Å²) in [6.07, 6.45) is 5.75. The van der Waals surface area contributed by atoms with Crippen LogP contribution in [0.4, 0.5) is 5.69 Å². The molecule has 0 saturated carbocycles. The molecule has 0 bridgehead atoms. The van der Waals surface area contributed by atoms with Crippen LogP contribution in [-0.2, 0) is 20.3 Å². The van der Waals surface area contributed by atoms with Crippen molar-refractivity contribution < 1.29 is 22.9 Å². The van der Waals surface area contributed by atoms with Gasteiger partial charge >= 0.3 is 5.97 Å². The lowest BCUT2D eigenvalue weighted by molar-refractivity contribution is -0.137. The van der Waals surface area contributed by atoms with Crippen molar-refractivity contribution in [2.75, 3.05) is 30.3 Å². The minimum Gasteiger partial charge on any atom is -0.481 e. The van der Waals surface area contributed by atoms with Gasteiger partial charge in [-0.1, -0.05) is 34.1 Å². The van der Waals surface area contributed by atoms with Crippen molar-refractivity contribution >= 4 is 33.0 Å². The molecule has 0 aromatic heterocycles. The zero-order valence-electron chi connectivity index (χ0n) is 29.7. The molecule has 2 aromatic carbocycles. The largest absolute Gasteiger partial charge is 0.481 e. The normalized spacial score (nSPS) is 20.5. The Hall–Kier alpha value is -3.17. The highest BCUT2D eigenvalue weighted by Crippen LogP contribution is 2.48. The molecule has 8 nitrogen and oxygen atoms in total. The number of carboxylic acids is 1. The number of nitrogens with zero attached hydrogens (tertiary/aromatic N) is 2. The van der Waals surface area contributed by atoms with Crippen LogP contribution in [0.2, 0.25) is 0 Å². The van der Waals surface area contributed by atoms with Crippen molar-refractivity contribution in [2.24, 2.45) is 0 Å². The summed E-state index contributed by atoms with van der Waals surface area (Å²) in [6.45, 7) is 22.1. The van der Waals surface area contributed by atoms with Gasteiger partial charge in [-0.3, -0.25) is 9.35 Å². The minimum atomic E-state index is -4.25. The maximum absolute atomic E-state index is 12.3. The van der Waals surface area contributed by atoms with Crippen molar-refractivity contribution in [2.45, 2.75) is 117 Å². The molecule has 5 rings (SSSR count). The topological polar surface area (TPSA) is 110 Å². The van der Waals surface area contributed by atoms with Gasteiger partial charge in [-0.2, -0.15) is 8.42 Å². The average molecular weight is 665 g/mol. The lowest BCUT2D eigenvalue weighted by Gasteiger charge is -2.49. The Morgan fingerprint density at radius 3 is 2.34 bits per heavy atom. The van der Waals surface area contributed by atoms with Gasteiger partial charge in [0.25, 0.3) is 10.1 Å². The second-order valence-corrected chi connectivity index (χ2v) is 17.0. The van der Waals surface area contributed by atoms with Crippen molar-refractivity contribution in [1.82, 2.24) is 9.89 Å². The number of aliphatic carboxylic acids is 1. The summed E-state index contributed by atoms with van der Waals surface area (Å²) in [7, 11) is -4.25. The Labute approximate surface area is 281 Å². The van der Waals surface area contributed by atoms with E-state index in [2.05, 4.69) is 101 Å². The number of hydrogen-bond acceptors (Lipinski definition) is 5. The van der Waals surface area contributed by atoms with E-state index >= 15 is 0 Å². The van der Waals surface area contributed by atoms with E-state index in [1.165, 1.54) is 22.4 Å². The van der Waals surface area contributed by atoms with Crippen LogP contribution >= 0.6 is 0 Å². The first-order valence-corrected chi connectivity index (χ1v) is 18.9. The Bertz CT molecular complexity index is 1870. The van der Waals surface area contributed by atoms with Crippen molar-refractivity contribution in [1.29, 1.82) is 0 Å². The van der Waals surface area contributed by atoms with Gasteiger partial charge in [0.05, 0.1) is 5.56 Å². The number of fused-ring (bicyclic) bond motifs is 4. The van der Waals surface area contributed by atoms with Gasteiger partial charge in [0.2, 0.25) is 5.36 Å². The van der Waals surface area contributed by atoms with Gasteiger partial charge < -0.3 is 15.3 Å². The highest BCUT2D eigenvalue weighted by molar-refractivity contribution is 7.86. The van der Waals surface area contributed by atoms with Crippen LogP contribution < -0.4 is 25.4 Å². The van der Waals surface area contributed by atoms with E-state index in [1.54, 1.807) is 0 Å². The lowest BCUT2D eigenvalue weighted by atomic mass is 9.68. The predicted octanol–water partition coefficient (Wildman–Crippen LogP) is 5.40. The Kier molecular flexibility index (Phi) is 9.25. The Balaban J connectivity index is 1.84. The molecule has 0 fully saturated rings. The lowest BCUT2D eigenvalue weighted by Crippen LogP contribution is -2.51. The molecule has 1 aliphatic carbocycles. The van der Waals surface area contributed by atoms with E-state index in [0.29, 0.717) is 24.5 Å². The van der Waals surface area contributed by atoms with Crippen molar-refractivity contribution in [3.63, 3.8) is 0 Å². The van der Waals surface area contributed by atoms with E-state index in [-0.39, 0.29) is 12.0 Å². The first kappa shape index (κ1) is 35.1. The van der Waals surface area contributed by atoms with Gasteiger partial charge in [-0.25, -0.2) is 4.58 Å². The number of rotatable bonds is 11. The summed E-state index contributed by atoms with van der Waals surface area (Å²) < 4.78 is 36.8. The average Bonchev–Trinajstić information content (AvgIpc) is 2.94. The minimum absolute atomic E-state index is 0.121. The first-order valence-electron chi connectivity index (χ1n) is 17.2. The summed E-state index contributed by atoms with van der Waals surface area (Å²) >= 11 is 0. The maximum Gasteiger partial charge on any atom is 0.303 e. The van der Waals surface area contributed by atoms with Gasteiger partial charge in [-0.15, -0.1) is 0 Å². The van der Waals surface area contributed by atoms with Crippen LogP contribution in [0.5, 0.6) is 0 Å². The summed E-state index contributed by atoms with van der Waals surface area (Å²) in [5, 5.41) is 15.3. The van der Waals surface area contributed by atoms with Crippen molar-refractivity contribution in [3.8, 4) is 0 Å². The van der Waals surface area contributed by atoms with E-state index < -0.39 is 32.8 Å². The second kappa shape index (κ2) is 12.4. The molecule has 0 spiro atoms. The van der Waals surface area contributed by atoms with E-state index in [0.717, 1.165) is 59.8 Å². The number of anilines is 1. The molecular formula is C38H54N3O5S+. The maximum atomic E-state index is 12.3. The van der Waals surface area contributed by atoms with Crippen LogP contribution in [0, 0.1) is 0 Å². The highest BCUT2D eigenvalue weighted by atomic mass is 32.2. The van der Waals surface area contributed by atoms with E-state index in [4.69, 9.17) is 0 Å². The number of carboxylic acid groups (broad SMARTS) is 1. The molecule has 2 aromatic rings. The third-order valence-electron chi connectivity index (χ3n) is 10.7. The quantitative estimate of drug-likeness (QED) is 0.168. The van der Waals surface area contributed by atoms with Gasteiger partial charge in [0, 0.05) is 72.5 Å². The Morgan fingerprint density at radius 1 is 1.02 bits per heavy atom. The zero-order valence-corrected chi connectivity index (χ0v) is 30.6. The number of carbonyl (C=O) groups is 1. The van der Waals surface area contributed by atoms with E-state index in [9.17, 15) is 22.9 Å². The number of benzene rings is 2. The molecule has 3 aliphatic rings. The molecule has 0 radical (unpaired) electrons. The predicted molar refractivity (Wildman–Crippen MR) is 191 cm³/mol. The number of unbranched alkanes of at least 4 members (excludes halogenated alkanes) is 1. The SMILES string of the molecule is CCCCNC1=c2cc3c(cc2C(C)(C)c2cc4c(cc21)C(C)CC(C)(C)N4CCCC(=O)O)=[N+](CC)C(C)(C)C=C3CS(=O)(=O)O. The molecule has 2 aliphatic heterocycles. The number of hydrogen-bond donors (Lipinski definition) is 3. The summed E-state index contributed by atoms with van der Waals surface area (Å²) in [6, 6.07) is 9.15. The molecule has 1 atom stereocenters. The van der Waals surface area contributed by atoms with Gasteiger partial charge in [0.1, 0.15) is 12.3 Å². The highest BCUT2D eigenvalue weighted by Gasteiger charge is 2.42. The molecule has 47 heavy (non-hydrogen) atoms. The van der Waals surface area contributed by atoms with Crippen molar-refractivity contribution in [3.05, 3.63) is 68.7 Å². The van der Waals surface area contributed by atoms with Crippen LogP contribution in [0.1, 0.15) is 128 Å². The second-order valence-electron chi connectivity index (χ2n) is 15.5. The van der Waals surface area contributed by atoms with Gasteiger partial charge in [0.15, 0.2) is 5.54 Å². The molecule has 9 heteroatoms. The van der Waals surface area contributed by atoms with Gasteiger partial charge in [-0.05, 0) is 92.5 Å². The third kappa shape index (κ3) is 6.50. The molecule has 0 amide bonds. The molecule has 2 heterocycles. The van der Waals surface area contributed by atoms with Crippen LogP contribution in [-0.4, -0.2) is 60.5 Å². The molecule has 256 valence electrons. The monoisotopic (exact) mass is 664 g/mol. The fraction of sp³-hybridized carbons (Fsp3) is 0.579. The molecular weight excluding hydrogens is 611 g/mol. The van der Waals surface area contributed by atoms with E-state index in [1.807, 2.05) is 6.08 Å². The molecule has 1 unspecified atom stereocenters. The molecule has 3 N–H and O–H groups in total. The van der Waals surface area contributed by atoms with Crippen LogP contribution in [0.15, 0.2) is 30.3 Å². The molecule has 0 saturated heterocycles. The zero-order chi connectivity index (χ0) is 34.7. The third-order valence-corrected chi connectivity index (χ3v) is 11.3. The Morgan fingerprint density at radius 2 is 1.72 bits per heavy atom. The summed E-state index contributed by atoms with van der Waals surface area (Å²) in [5.41, 5.74) is 7.58. The fourth-order valence-corrected chi connectivity index (χ4v) is 9.15. The first-order chi connectivity index (χ1) is 21.8. The summed E-state index contributed by atoms with van der Waals surface area (Å²) in [4.78, 5) is 13.9. The number of nitrogens with one attached hydrogen (secondary N) is 1. The summed E-state index contributed by atoms with van der Waals surface area (Å²) in [5.74, 6) is -0.886. The van der Waals surface area contributed by atoms with Crippen LogP contribution in [0.25, 0.3) is 11.3 Å². The van der Waals surface area contributed by atoms with Crippen LogP contribution in [0.3, 0.4) is 0 Å².